The third-order valence-corrected chi connectivity index (χ3v) is 10.9. The second kappa shape index (κ2) is 8.33. The zero-order valence-electron chi connectivity index (χ0n) is 19.9. The summed E-state index contributed by atoms with van der Waals surface area (Å²) in [6.45, 7) is 0. The van der Waals surface area contributed by atoms with Crippen LogP contribution in [0, 0.1) is 0 Å². The van der Waals surface area contributed by atoms with Crippen molar-refractivity contribution in [3.8, 4) is 0 Å². The summed E-state index contributed by atoms with van der Waals surface area (Å²) in [7, 11) is 0. The molecule has 0 N–H and O–H groups in total. The topological polar surface area (TPSA) is 3.24 Å². The Kier molecular flexibility index (Phi) is 4.78. The molecule has 0 amide bonds. The fourth-order valence-corrected chi connectivity index (χ4v) is 9.21. The summed E-state index contributed by atoms with van der Waals surface area (Å²) >= 11 is 2.19. The van der Waals surface area contributed by atoms with E-state index in [0.717, 1.165) is 0 Å². The number of hydrogen-bond donors (Lipinski definition) is 0. The van der Waals surface area contributed by atoms with Gasteiger partial charge in [-0.3, -0.25) is 0 Å². The van der Waals surface area contributed by atoms with Gasteiger partial charge in [0.25, 0.3) is 0 Å². The predicted molar refractivity (Wildman–Crippen MR) is 163 cm³/mol. The number of anilines is 3. The monoisotopic (exact) mass is 555 g/mol. The molecule has 0 saturated carbocycles. The summed E-state index contributed by atoms with van der Waals surface area (Å²) < 4.78 is 5.64. The maximum atomic E-state index is 2.40. The molecule has 0 saturated heterocycles. The molecule has 8 rings (SSSR count). The first-order chi connectivity index (χ1) is 18.3. The van der Waals surface area contributed by atoms with Crippen molar-refractivity contribution in [1.82, 2.24) is 0 Å². The van der Waals surface area contributed by atoms with Gasteiger partial charge in [-0.2, -0.15) is 0 Å². The molecule has 37 heavy (non-hydrogen) atoms. The molecule has 8 aromatic rings. The van der Waals surface area contributed by atoms with E-state index in [-0.39, 0.29) is 0 Å². The fourth-order valence-electron chi connectivity index (χ4n) is 5.51. The summed E-state index contributed by atoms with van der Waals surface area (Å²) in [6, 6.07) is 46.8. The number of hydrogen-bond acceptors (Lipinski definition) is 2. The van der Waals surface area contributed by atoms with Gasteiger partial charge in [-0.25, -0.2) is 0 Å². The third kappa shape index (κ3) is 3.36. The molecule has 0 atom stereocenters. The molecule has 0 bridgehead atoms. The number of para-hydroxylation sites is 1. The second-order valence-corrected chi connectivity index (χ2v) is 12.7. The molecule has 1 nitrogen and oxygen atoms in total. The minimum absolute atomic E-state index is 0.317. The first-order valence-electron chi connectivity index (χ1n) is 12.4. The van der Waals surface area contributed by atoms with E-state index >= 15 is 0 Å². The number of rotatable bonds is 3. The molecule has 174 valence electrons. The van der Waals surface area contributed by atoms with Crippen LogP contribution >= 0.6 is 11.3 Å². The van der Waals surface area contributed by atoms with E-state index in [1.165, 1.54) is 67.3 Å². The van der Waals surface area contributed by atoms with Gasteiger partial charge in [-0.05, 0) is 0 Å². The van der Waals surface area contributed by atoms with Crippen LogP contribution in [0.3, 0.4) is 0 Å². The molecule has 0 fully saturated rings. The van der Waals surface area contributed by atoms with E-state index in [1.54, 1.807) is 0 Å². The van der Waals surface area contributed by atoms with E-state index in [4.69, 9.17) is 0 Å². The molecule has 2 aromatic heterocycles. The molecule has 2 heterocycles. The molecular formula is C34H21NSSe. The summed E-state index contributed by atoms with van der Waals surface area (Å²) in [5, 5.41) is 8.16. The van der Waals surface area contributed by atoms with Gasteiger partial charge in [0.15, 0.2) is 0 Å². The number of benzene rings is 6. The second-order valence-electron chi connectivity index (χ2n) is 9.40. The van der Waals surface area contributed by atoms with Gasteiger partial charge < -0.3 is 0 Å². The Morgan fingerprint density at radius 1 is 0.459 bits per heavy atom. The van der Waals surface area contributed by atoms with E-state index < -0.39 is 0 Å². The van der Waals surface area contributed by atoms with Gasteiger partial charge in [0.2, 0.25) is 0 Å². The van der Waals surface area contributed by atoms with E-state index in [0.29, 0.717) is 14.5 Å². The van der Waals surface area contributed by atoms with Gasteiger partial charge in [0.05, 0.1) is 0 Å². The molecule has 0 aliphatic heterocycles. The molecule has 0 unspecified atom stereocenters. The minimum atomic E-state index is 0.317. The SMILES string of the molecule is c1ccc(N(c2ccc3c(c2)sc2ccccc23)c2ccc3[se]c4c5ccccc5ccc4c3c2)cc1. The number of nitrogens with zero attached hydrogens (tertiary/aromatic N) is 1. The van der Waals surface area contributed by atoms with Crippen LogP contribution in [-0.4, -0.2) is 14.5 Å². The van der Waals surface area contributed by atoms with Gasteiger partial charge in [0, 0.05) is 0 Å². The summed E-state index contributed by atoms with van der Waals surface area (Å²) in [6.07, 6.45) is 0. The molecule has 0 radical (unpaired) electrons. The van der Waals surface area contributed by atoms with E-state index in [2.05, 4.69) is 132 Å². The summed E-state index contributed by atoms with van der Waals surface area (Å²) in [4.78, 5) is 2.40. The van der Waals surface area contributed by atoms with Crippen molar-refractivity contribution in [2.75, 3.05) is 4.90 Å². The van der Waals surface area contributed by atoms with Crippen LogP contribution < -0.4 is 4.90 Å². The third-order valence-electron chi connectivity index (χ3n) is 7.24. The zero-order valence-corrected chi connectivity index (χ0v) is 22.4. The Labute approximate surface area is 224 Å². The molecular weight excluding hydrogens is 533 g/mol. The summed E-state index contributed by atoms with van der Waals surface area (Å²) in [5.41, 5.74) is 3.56. The Morgan fingerprint density at radius 2 is 1.16 bits per heavy atom. The molecule has 0 aliphatic carbocycles. The molecule has 3 heteroatoms. The van der Waals surface area contributed by atoms with Crippen molar-refractivity contribution in [3.63, 3.8) is 0 Å². The van der Waals surface area contributed by atoms with Crippen LogP contribution in [0.15, 0.2) is 127 Å². The van der Waals surface area contributed by atoms with Gasteiger partial charge in [0.1, 0.15) is 0 Å². The van der Waals surface area contributed by atoms with Crippen LogP contribution in [0.2, 0.25) is 0 Å². The van der Waals surface area contributed by atoms with Crippen molar-refractivity contribution < 1.29 is 0 Å². The molecule has 6 aromatic carbocycles. The van der Waals surface area contributed by atoms with Crippen molar-refractivity contribution in [2.24, 2.45) is 0 Å². The van der Waals surface area contributed by atoms with Crippen LogP contribution in [-0.2, 0) is 0 Å². The van der Waals surface area contributed by atoms with Crippen molar-refractivity contribution in [3.05, 3.63) is 127 Å². The normalized spacial score (nSPS) is 11.8. The molecule has 0 aliphatic rings. The van der Waals surface area contributed by atoms with Crippen LogP contribution in [0.1, 0.15) is 0 Å². The zero-order chi connectivity index (χ0) is 24.3. The Morgan fingerprint density at radius 3 is 2.08 bits per heavy atom. The first-order valence-corrected chi connectivity index (χ1v) is 15.0. The summed E-state index contributed by atoms with van der Waals surface area (Å²) in [5.74, 6) is 0. The van der Waals surface area contributed by atoms with E-state index in [9.17, 15) is 0 Å². The first kappa shape index (κ1) is 21.2. The van der Waals surface area contributed by atoms with Gasteiger partial charge in [-0.15, -0.1) is 0 Å². The standard InChI is InChI=1S/C34H21NSSe/c1-2-9-23(10-3-1)35(25-15-18-28-27-12-6-7-13-31(27)36-32(28)21-25)24-16-19-33-30(20-24)29-17-14-22-8-4-5-11-26(22)34(29)37-33/h1-21H. The molecule has 0 spiro atoms. The average molecular weight is 555 g/mol. The fraction of sp³-hybridized carbons (Fsp3) is 0. The van der Waals surface area contributed by atoms with Gasteiger partial charge >= 0.3 is 225 Å². The predicted octanol–water partition coefficient (Wildman–Crippen LogP) is 10.0. The maximum absolute atomic E-state index is 2.40. The Balaban J connectivity index is 1.36. The Hall–Kier alpha value is -3.88. The number of fused-ring (bicyclic) bond motifs is 8. The van der Waals surface area contributed by atoms with E-state index in [1.807, 2.05) is 11.3 Å². The quantitative estimate of drug-likeness (QED) is 0.197. The van der Waals surface area contributed by atoms with Crippen molar-refractivity contribution in [1.29, 1.82) is 0 Å². The number of thiophene rings is 1. The van der Waals surface area contributed by atoms with Crippen molar-refractivity contribution in [2.45, 2.75) is 0 Å². The van der Waals surface area contributed by atoms with Gasteiger partial charge in [-0.1, -0.05) is 0 Å². The van der Waals surface area contributed by atoms with Crippen LogP contribution in [0.4, 0.5) is 17.1 Å². The average Bonchev–Trinajstić information content (AvgIpc) is 3.52. The van der Waals surface area contributed by atoms with Crippen molar-refractivity contribution >= 4 is 93.1 Å². The van der Waals surface area contributed by atoms with Crippen LogP contribution in [0.25, 0.3) is 50.2 Å². The Bertz CT molecular complexity index is 2100. The van der Waals surface area contributed by atoms with Crippen LogP contribution in [0.5, 0.6) is 0 Å².